The number of anilines is 1. The molecule has 17 heavy (non-hydrogen) atoms. The molecule has 2 unspecified atom stereocenters. The predicted molar refractivity (Wildman–Crippen MR) is 69.9 cm³/mol. The fourth-order valence-electron chi connectivity index (χ4n) is 2.36. The van der Waals surface area contributed by atoms with Crippen molar-refractivity contribution >= 4 is 11.6 Å². The second-order valence-corrected chi connectivity index (χ2v) is 4.80. The fourth-order valence-corrected chi connectivity index (χ4v) is 2.36. The zero-order valence-corrected chi connectivity index (χ0v) is 10.3. The SMILES string of the molecule is CC(CC1CCCC(=O)N1)Nc1ccccc1. The minimum Gasteiger partial charge on any atom is -0.383 e. The molecule has 0 saturated carbocycles. The molecule has 1 aromatic carbocycles. The highest BCUT2D eigenvalue weighted by Crippen LogP contribution is 2.15. The number of hydrogen-bond donors (Lipinski definition) is 2. The third-order valence-electron chi connectivity index (χ3n) is 3.15. The van der Waals surface area contributed by atoms with Gasteiger partial charge in [0.05, 0.1) is 0 Å². The molecule has 2 atom stereocenters. The number of carbonyl (C=O) groups excluding carboxylic acids is 1. The first-order valence-electron chi connectivity index (χ1n) is 6.35. The monoisotopic (exact) mass is 232 g/mol. The van der Waals surface area contributed by atoms with E-state index in [4.69, 9.17) is 0 Å². The Morgan fingerprint density at radius 2 is 2.18 bits per heavy atom. The standard InChI is InChI=1S/C14H20N2O/c1-11(15-12-6-3-2-4-7-12)10-13-8-5-9-14(17)16-13/h2-4,6-7,11,13,15H,5,8-10H2,1H3,(H,16,17). The lowest BCUT2D eigenvalue weighted by Crippen LogP contribution is -2.41. The summed E-state index contributed by atoms with van der Waals surface area (Å²) in [5, 5.41) is 6.51. The van der Waals surface area contributed by atoms with Gasteiger partial charge in [-0.2, -0.15) is 0 Å². The highest BCUT2D eigenvalue weighted by atomic mass is 16.1. The molecule has 1 aliphatic rings. The Labute approximate surface area is 103 Å². The highest BCUT2D eigenvalue weighted by molar-refractivity contribution is 5.76. The number of para-hydroxylation sites is 1. The lowest BCUT2D eigenvalue weighted by Gasteiger charge is -2.26. The molecule has 1 aliphatic heterocycles. The second kappa shape index (κ2) is 5.71. The van der Waals surface area contributed by atoms with E-state index >= 15 is 0 Å². The van der Waals surface area contributed by atoms with Gasteiger partial charge < -0.3 is 10.6 Å². The molecule has 2 rings (SSSR count). The number of rotatable bonds is 4. The number of benzene rings is 1. The van der Waals surface area contributed by atoms with Crippen molar-refractivity contribution in [3.05, 3.63) is 30.3 Å². The molecule has 0 aliphatic carbocycles. The zero-order chi connectivity index (χ0) is 12.1. The van der Waals surface area contributed by atoms with Gasteiger partial charge in [0.15, 0.2) is 0 Å². The number of carbonyl (C=O) groups is 1. The summed E-state index contributed by atoms with van der Waals surface area (Å²) < 4.78 is 0. The average molecular weight is 232 g/mol. The summed E-state index contributed by atoms with van der Waals surface area (Å²) in [7, 11) is 0. The number of nitrogens with one attached hydrogen (secondary N) is 2. The molecular formula is C14H20N2O. The van der Waals surface area contributed by atoms with Crippen LogP contribution in [0.25, 0.3) is 0 Å². The molecular weight excluding hydrogens is 212 g/mol. The first kappa shape index (κ1) is 12.0. The maximum Gasteiger partial charge on any atom is 0.220 e. The Hall–Kier alpha value is -1.51. The van der Waals surface area contributed by atoms with Crippen LogP contribution in [-0.4, -0.2) is 18.0 Å². The van der Waals surface area contributed by atoms with E-state index in [0.29, 0.717) is 18.5 Å². The van der Waals surface area contributed by atoms with Crippen LogP contribution in [-0.2, 0) is 4.79 Å². The van der Waals surface area contributed by atoms with E-state index in [9.17, 15) is 4.79 Å². The summed E-state index contributed by atoms with van der Waals surface area (Å²) in [4.78, 5) is 11.3. The van der Waals surface area contributed by atoms with Crippen molar-refractivity contribution in [1.82, 2.24) is 5.32 Å². The normalized spacial score (nSPS) is 21.7. The maximum absolute atomic E-state index is 11.3. The lowest BCUT2D eigenvalue weighted by atomic mass is 9.98. The van der Waals surface area contributed by atoms with Crippen LogP contribution in [0.2, 0.25) is 0 Å². The molecule has 2 N–H and O–H groups in total. The van der Waals surface area contributed by atoms with Crippen molar-refractivity contribution in [2.24, 2.45) is 0 Å². The fraction of sp³-hybridized carbons (Fsp3) is 0.500. The molecule has 1 fully saturated rings. The first-order chi connectivity index (χ1) is 8.24. The minimum atomic E-state index is 0.202. The van der Waals surface area contributed by atoms with E-state index in [0.717, 1.165) is 24.9 Å². The van der Waals surface area contributed by atoms with Crippen molar-refractivity contribution in [1.29, 1.82) is 0 Å². The van der Waals surface area contributed by atoms with Crippen LogP contribution < -0.4 is 10.6 Å². The summed E-state index contributed by atoms with van der Waals surface area (Å²) in [5.41, 5.74) is 1.14. The average Bonchev–Trinajstić information content (AvgIpc) is 2.30. The van der Waals surface area contributed by atoms with Gasteiger partial charge in [0, 0.05) is 24.2 Å². The van der Waals surface area contributed by atoms with E-state index in [1.54, 1.807) is 0 Å². The topological polar surface area (TPSA) is 41.1 Å². The zero-order valence-electron chi connectivity index (χ0n) is 10.3. The van der Waals surface area contributed by atoms with Gasteiger partial charge in [0.25, 0.3) is 0 Å². The van der Waals surface area contributed by atoms with Crippen LogP contribution in [0.4, 0.5) is 5.69 Å². The van der Waals surface area contributed by atoms with Crippen LogP contribution >= 0.6 is 0 Å². The van der Waals surface area contributed by atoms with Gasteiger partial charge in [-0.05, 0) is 38.3 Å². The Bertz CT molecular complexity index is 364. The molecule has 92 valence electrons. The van der Waals surface area contributed by atoms with Gasteiger partial charge in [-0.25, -0.2) is 0 Å². The number of amides is 1. The van der Waals surface area contributed by atoms with Crippen molar-refractivity contribution in [3.63, 3.8) is 0 Å². The summed E-state index contributed by atoms with van der Waals surface area (Å²) in [5.74, 6) is 0.202. The smallest absolute Gasteiger partial charge is 0.220 e. The first-order valence-corrected chi connectivity index (χ1v) is 6.35. The summed E-state index contributed by atoms with van der Waals surface area (Å²) in [6.45, 7) is 2.16. The van der Waals surface area contributed by atoms with E-state index in [1.807, 2.05) is 18.2 Å². The van der Waals surface area contributed by atoms with E-state index in [-0.39, 0.29) is 5.91 Å². The molecule has 1 amide bonds. The van der Waals surface area contributed by atoms with Gasteiger partial charge in [0.2, 0.25) is 5.91 Å². The van der Waals surface area contributed by atoms with Gasteiger partial charge in [0.1, 0.15) is 0 Å². The third kappa shape index (κ3) is 3.77. The predicted octanol–water partition coefficient (Wildman–Crippen LogP) is 2.55. The van der Waals surface area contributed by atoms with Crippen molar-refractivity contribution < 1.29 is 4.79 Å². The number of piperidine rings is 1. The van der Waals surface area contributed by atoms with Gasteiger partial charge in [-0.1, -0.05) is 18.2 Å². The Balaban J connectivity index is 1.80. The molecule has 0 radical (unpaired) electrons. The second-order valence-electron chi connectivity index (χ2n) is 4.80. The van der Waals surface area contributed by atoms with Crippen LogP contribution in [0.15, 0.2) is 30.3 Å². The molecule has 1 aromatic rings. The summed E-state index contributed by atoms with van der Waals surface area (Å²) >= 11 is 0. The van der Waals surface area contributed by atoms with Gasteiger partial charge >= 0.3 is 0 Å². The Morgan fingerprint density at radius 3 is 2.88 bits per heavy atom. The van der Waals surface area contributed by atoms with Crippen LogP contribution in [0.5, 0.6) is 0 Å². The molecule has 1 heterocycles. The Morgan fingerprint density at radius 1 is 1.41 bits per heavy atom. The van der Waals surface area contributed by atoms with E-state index in [2.05, 4.69) is 29.7 Å². The van der Waals surface area contributed by atoms with Crippen LogP contribution in [0.3, 0.4) is 0 Å². The quantitative estimate of drug-likeness (QED) is 0.837. The molecule has 0 spiro atoms. The van der Waals surface area contributed by atoms with Crippen molar-refractivity contribution in [2.75, 3.05) is 5.32 Å². The molecule has 0 aromatic heterocycles. The van der Waals surface area contributed by atoms with Crippen molar-refractivity contribution in [3.8, 4) is 0 Å². The van der Waals surface area contributed by atoms with Crippen LogP contribution in [0, 0.1) is 0 Å². The largest absolute Gasteiger partial charge is 0.383 e. The third-order valence-corrected chi connectivity index (χ3v) is 3.15. The summed E-state index contributed by atoms with van der Waals surface area (Å²) in [6.07, 6.45) is 3.80. The molecule has 0 bridgehead atoms. The highest BCUT2D eigenvalue weighted by Gasteiger charge is 2.19. The maximum atomic E-state index is 11.3. The van der Waals surface area contributed by atoms with Crippen molar-refractivity contribution in [2.45, 2.75) is 44.7 Å². The Kier molecular flexibility index (Phi) is 4.02. The van der Waals surface area contributed by atoms with Crippen LogP contribution in [0.1, 0.15) is 32.6 Å². The van der Waals surface area contributed by atoms with Gasteiger partial charge in [-0.3, -0.25) is 4.79 Å². The molecule has 3 nitrogen and oxygen atoms in total. The van der Waals surface area contributed by atoms with E-state index in [1.165, 1.54) is 0 Å². The summed E-state index contributed by atoms with van der Waals surface area (Å²) in [6, 6.07) is 10.9. The van der Waals surface area contributed by atoms with Gasteiger partial charge in [-0.15, -0.1) is 0 Å². The number of hydrogen-bond acceptors (Lipinski definition) is 2. The van der Waals surface area contributed by atoms with E-state index < -0.39 is 0 Å². The molecule has 3 heteroatoms. The molecule has 1 saturated heterocycles. The minimum absolute atomic E-state index is 0.202. The lowest BCUT2D eigenvalue weighted by molar-refractivity contribution is -0.123.